The Morgan fingerprint density at radius 2 is 1.83 bits per heavy atom. The van der Waals surface area contributed by atoms with Gasteiger partial charge in [-0.1, -0.05) is 31.2 Å². The van der Waals surface area contributed by atoms with E-state index in [9.17, 15) is 9.59 Å². The zero-order chi connectivity index (χ0) is 16.8. The molecule has 0 fully saturated rings. The van der Waals surface area contributed by atoms with Gasteiger partial charge in [0, 0.05) is 5.56 Å². The summed E-state index contributed by atoms with van der Waals surface area (Å²) in [5, 5.41) is 8.84. The highest BCUT2D eigenvalue weighted by atomic mass is 16.5. The maximum atomic E-state index is 11.6. The second-order valence-corrected chi connectivity index (χ2v) is 5.41. The summed E-state index contributed by atoms with van der Waals surface area (Å²) in [5.41, 5.74) is 3.36. The van der Waals surface area contributed by atoms with Gasteiger partial charge in [0.2, 0.25) is 0 Å². The molecule has 0 radical (unpaired) electrons. The molecule has 0 aromatic heterocycles. The molecule has 0 amide bonds. The first kappa shape index (κ1) is 16.7. The van der Waals surface area contributed by atoms with Crippen LogP contribution in [0.3, 0.4) is 0 Å². The minimum atomic E-state index is -0.851. The molecule has 0 bridgehead atoms. The Bertz CT molecular complexity index is 719. The Morgan fingerprint density at radius 3 is 2.48 bits per heavy atom. The standard InChI is InChI=1S/C19H20O4/c1-3-16-11-17(7-8-18(16)13(2)20)23-12-15-6-4-5-14(9-15)10-19(21)22/h4-9,11H,3,10,12H2,1-2H3,(H,21,22). The van der Waals surface area contributed by atoms with Crippen LogP contribution in [0.5, 0.6) is 5.75 Å². The van der Waals surface area contributed by atoms with Crippen LogP contribution in [0.25, 0.3) is 0 Å². The molecular weight excluding hydrogens is 292 g/mol. The van der Waals surface area contributed by atoms with Crippen molar-refractivity contribution in [1.29, 1.82) is 0 Å². The van der Waals surface area contributed by atoms with E-state index in [2.05, 4.69) is 0 Å². The van der Waals surface area contributed by atoms with Crippen molar-refractivity contribution in [1.82, 2.24) is 0 Å². The number of Topliss-reactive ketones (excluding diaryl/α,β-unsaturated/α-hetero) is 1. The molecular formula is C19H20O4. The molecule has 0 heterocycles. The quantitative estimate of drug-likeness (QED) is 0.793. The number of carbonyl (C=O) groups is 2. The number of rotatable bonds is 7. The van der Waals surface area contributed by atoms with E-state index in [1.54, 1.807) is 25.1 Å². The Labute approximate surface area is 135 Å². The Balaban J connectivity index is 2.09. The Morgan fingerprint density at radius 1 is 1.09 bits per heavy atom. The van der Waals surface area contributed by atoms with Crippen molar-refractivity contribution in [3.63, 3.8) is 0 Å². The first-order chi connectivity index (χ1) is 11.0. The molecule has 0 aliphatic carbocycles. The van der Waals surface area contributed by atoms with Gasteiger partial charge in [-0.15, -0.1) is 0 Å². The Hall–Kier alpha value is -2.62. The van der Waals surface area contributed by atoms with E-state index in [0.717, 1.165) is 28.7 Å². The molecule has 0 atom stereocenters. The van der Waals surface area contributed by atoms with Gasteiger partial charge >= 0.3 is 5.97 Å². The highest BCUT2D eigenvalue weighted by Crippen LogP contribution is 2.20. The van der Waals surface area contributed by atoms with Crippen molar-refractivity contribution in [2.75, 3.05) is 0 Å². The average Bonchev–Trinajstić information content (AvgIpc) is 2.52. The first-order valence-corrected chi connectivity index (χ1v) is 7.56. The molecule has 0 aliphatic rings. The van der Waals surface area contributed by atoms with Gasteiger partial charge < -0.3 is 9.84 Å². The van der Waals surface area contributed by atoms with Crippen molar-refractivity contribution in [2.45, 2.75) is 33.3 Å². The topological polar surface area (TPSA) is 63.6 Å². The molecule has 2 rings (SSSR count). The molecule has 0 unspecified atom stereocenters. The first-order valence-electron chi connectivity index (χ1n) is 7.56. The second-order valence-electron chi connectivity index (χ2n) is 5.41. The highest BCUT2D eigenvalue weighted by molar-refractivity contribution is 5.95. The van der Waals surface area contributed by atoms with Crippen molar-refractivity contribution in [2.24, 2.45) is 0 Å². The summed E-state index contributed by atoms with van der Waals surface area (Å²) in [5.74, 6) is -0.0965. The number of hydrogen-bond donors (Lipinski definition) is 1. The van der Waals surface area contributed by atoms with E-state index < -0.39 is 5.97 Å². The minimum absolute atomic E-state index is 0.00112. The third kappa shape index (κ3) is 4.68. The van der Waals surface area contributed by atoms with Crippen LogP contribution in [0, 0.1) is 0 Å². The number of ether oxygens (including phenoxy) is 1. The predicted octanol–water partition coefficient (Wildman–Crippen LogP) is 3.66. The molecule has 0 aliphatic heterocycles. The van der Waals surface area contributed by atoms with Crippen LogP contribution >= 0.6 is 0 Å². The number of carboxylic acid groups (broad SMARTS) is 1. The molecule has 1 N–H and O–H groups in total. The van der Waals surface area contributed by atoms with Crippen LogP contribution in [-0.4, -0.2) is 16.9 Å². The Kier molecular flexibility index (Phi) is 5.52. The van der Waals surface area contributed by atoms with Crippen LogP contribution in [0.15, 0.2) is 42.5 Å². The van der Waals surface area contributed by atoms with Crippen LogP contribution < -0.4 is 4.74 Å². The number of carbonyl (C=O) groups excluding carboxylic acids is 1. The van der Waals surface area contributed by atoms with Gasteiger partial charge in [-0.25, -0.2) is 0 Å². The summed E-state index contributed by atoms with van der Waals surface area (Å²) in [6.07, 6.45) is 0.765. The molecule has 23 heavy (non-hydrogen) atoms. The van der Waals surface area contributed by atoms with Crippen LogP contribution in [-0.2, 0) is 24.2 Å². The van der Waals surface area contributed by atoms with E-state index >= 15 is 0 Å². The molecule has 2 aromatic carbocycles. The van der Waals surface area contributed by atoms with E-state index in [0.29, 0.717) is 12.4 Å². The SMILES string of the molecule is CCc1cc(OCc2cccc(CC(=O)O)c2)ccc1C(C)=O. The lowest BCUT2D eigenvalue weighted by molar-refractivity contribution is -0.136. The van der Waals surface area contributed by atoms with Gasteiger partial charge in [0.1, 0.15) is 12.4 Å². The van der Waals surface area contributed by atoms with Crippen LogP contribution in [0.4, 0.5) is 0 Å². The largest absolute Gasteiger partial charge is 0.489 e. The summed E-state index contributed by atoms with van der Waals surface area (Å²) in [7, 11) is 0. The third-order valence-corrected chi connectivity index (χ3v) is 3.59. The fourth-order valence-corrected chi connectivity index (χ4v) is 2.47. The molecule has 120 valence electrons. The molecule has 0 saturated carbocycles. The summed E-state index contributed by atoms with van der Waals surface area (Å²) in [4.78, 5) is 22.3. The summed E-state index contributed by atoms with van der Waals surface area (Å²) in [6.45, 7) is 3.92. The molecule has 2 aromatic rings. The van der Waals surface area contributed by atoms with Crippen molar-refractivity contribution in [3.8, 4) is 5.75 Å². The number of benzene rings is 2. The summed E-state index contributed by atoms with van der Waals surface area (Å²) < 4.78 is 5.77. The molecule has 0 spiro atoms. The number of hydrogen-bond acceptors (Lipinski definition) is 3. The van der Waals surface area contributed by atoms with E-state index in [1.165, 1.54) is 0 Å². The fourth-order valence-electron chi connectivity index (χ4n) is 2.47. The van der Waals surface area contributed by atoms with Crippen molar-refractivity contribution in [3.05, 3.63) is 64.7 Å². The van der Waals surface area contributed by atoms with Gasteiger partial charge in [-0.05, 0) is 48.2 Å². The lowest BCUT2D eigenvalue weighted by Gasteiger charge is -2.11. The maximum absolute atomic E-state index is 11.6. The fraction of sp³-hybridized carbons (Fsp3) is 0.263. The monoisotopic (exact) mass is 312 g/mol. The van der Waals surface area contributed by atoms with Gasteiger partial charge in [-0.2, -0.15) is 0 Å². The normalized spacial score (nSPS) is 10.3. The van der Waals surface area contributed by atoms with Gasteiger partial charge in [0.05, 0.1) is 6.42 Å². The van der Waals surface area contributed by atoms with Gasteiger partial charge in [0.15, 0.2) is 5.78 Å². The maximum Gasteiger partial charge on any atom is 0.307 e. The third-order valence-electron chi connectivity index (χ3n) is 3.59. The smallest absolute Gasteiger partial charge is 0.307 e. The summed E-state index contributed by atoms with van der Waals surface area (Å²) >= 11 is 0. The van der Waals surface area contributed by atoms with E-state index in [-0.39, 0.29) is 12.2 Å². The van der Waals surface area contributed by atoms with Gasteiger partial charge in [-0.3, -0.25) is 9.59 Å². The number of aliphatic carboxylic acids is 1. The highest BCUT2D eigenvalue weighted by Gasteiger charge is 2.08. The molecule has 4 nitrogen and oxygen atoms in total. The zero-order valence-electron chi connectivity index (χ0n) is 13.3. The van der Waals surface area contributed by atoms with Crippen molar-refractivity contribution < 1.29 is 19.4 Å². The average molecular weight is 312 g/mol. The van der Waals surface area contributed by atoms with Crippen molar-refractivity contribution >= 4 is 11.8 Å². The molecule has 4 heteroatoms. The minimum Gasteiger partial charge on any atom is -0.489 e. The number of aryl methyl sites for hydroxylation is 1. The number of ketones is 1. The van der Waals surface area contributed by atoms with Gasteiger partial charge in [0.25, 0.3) is 0 Å². The lowest BCUT2D eigenvalue weighted by atomic mass is 10.0. The van der Waals surface area contributed by atoms with Crippen LogP contribution in [0.2, 0.25) is 0 Å². The summed E-state index contributed by atoms with van der Waals surface area (Å²) in [6, 6.07) is 12.8. The second kappa shape index (κ2) is 7.58. The van der Waals surface area contributed by atoms with E-state index in [1.807, 2.05) is 31.2 Å². The predicted molar refractivity (Wildman–Crippen MR) is 87.9 cm³/mol. The zero-order valence-corrected chi connectivity index (χ0v) is 13.3. The molecule has 0 saturated heterocycles. The van der Waals surface area contributed by atoms with Crippen LogP contribution in [0.1, 0.15) is 40.9 Å². The van der Waals surface area contributed by atoms with E-state index in [4.69, 9.17) is 9.84 Å². The lowest BCUT2D eigenvalue weighted by Crippen LogP contribution is -2.03. The number of carboxylic acids is 1.